The summed E-state index contributed by atoms with van der Waals surface area (Å²) in [7, 11) is 0. The molecular weight excluding hydrogens is 429 g/mol. The number of H-pyrrole nitrogens is 1. The third-order valence-electron chi connectivity index (χ3n) is 5.55. The van der Waals surface area contributed by atoms with E-state index in [1.54, 1.807) is 6.07 Å². The van der Waals surface area contributed by atoms with E-state index >= 15 is 0 Å². The van der Waals surface area contributed by atoms with Gasteiger partial charge in [0.1, 0.15) is 0 Å². The molecule has 0 spiro atoms. The molecule has 30 heavy (non-hydrogen) atoms. The first kappa shape index (κ1) is 26.1. The Morgan fingerprint density at radius 1 is 1.37 bits per heavy atom. The average Bonchev–Trinajstić information content (AvgIpc) is 3.49. The summed E-state index contributed by atoms with van der Waals surface area (Å²) in [4.78, 5) is 45.1. The largest absolute Gasteiger partial charge is 0.345 e. The Labute approximate surface area is 187 Å². The highest BCUT2D eigenvalue weighted by atomic mass is 35.5. The van der Waals surface area contributed by atoms with Gasteiger partial charge in [0.25, 0.3) is 11.5 Å². The molecule has 0 saturated heterocycles. The zero-order valence-electron chi connectivity index (χ0n) is 17.8. The fourth-order valence-corrected chi connectivity index (χ4v) is 3.57. The molecule has 1 saturated carbocycles. The van der Waals surface area contributed by atoms with E-state index in [2.05, 4.69) is 15.3 Å². The summed E-state index contributed by atoms with van der Waals surface area (Å²) in [5.41, 5.74) is 5.47. The smallest absolute Gasteiger partial charge is 0.329 e. The highest BCUT2D eigenvalue weighted by Gasteiger charge is 2.42. The SMILES string of the molecule is CCCn1c(=O)[nH]c(=O)c2c(C(=O)NC(C)(CN)C3CC3)cc(C(C)C)nc21.Cl.Cl. The van der Waals surface area contributed by atoms with Gasteiger partial charge in [-0.1, -0.05) is 20.8 Å². The second-order valence-corrected chi connectivity index (χ2v) is 8.21. The molecule has 8 nitrogen and oxygen atoms in total. The fourth-order valence-electron chi connectivity index (χ4n) is 3.57. The van der Waals surface area contributed by atoms with E-state index < -0.39 is 16.8 Å². The summed E-state index contributed by atoms with van der Waals surface area (Å²) in [5, 5.41) is 3.18. The molecule has 3 rings (SSSR count). The number of aromatic nitrogens is 3. The van der Waals surface area contributed by atoms with E-state index in [4.69, 9.17) is 5.73 Å². The third kappa shape index (κ3) is 4.87. The Morgan fingerprint density at radius 2 is 2.00 bits per heavy atom. The van der Waals surface area contributed by atoms with Gasteiger partial charge in [-0.25, -0.2) is 9.78 Å². The van der Waals surface area contributed by atoms with Crippen LogP contribution in [0.25, 0.3) is 11.0 Å². The molecule has 2 heterocycles. The van der Waals surface area contributed by atoms with Gasteiger partial charge < -0.3 is 11.1 Å². The van der Waals surface area contributed by atoms with E-state index in [-0.39, 0.29) is 53.2 Å². The molecule has 4 N–H and O–H groups in total. The first-order valence-corrected chi connectivity index (χ1v) is 9.92. The van der Waals surface area contributed by atoms with Crippen molar-refractivity contribution in [1.29, 1.82) is 0 Å². The molecule has 1 amide bonds. The molecule has 0 radical (unpaired) electrons. The average molecular weight is 460 g/mol. The first-order chi connectivity index (χ1) is 13.2. The Hall–Kier alpha value is -1.90. The number of nitrogens with zero attached hydrogens (tertiary/aromatic N) is 2. The number of nitrogens with two attached hydrogens (primary N) is 1. The maximum absolute atomic E-state index is 13.2. The first-order valence-electron chi connectivity index (χ1n) is 9.92. The molecule has 1 fully saturated rings. The lowest BCUT2D eigenvalue weighted by Crippen LogP contribution is -2.53. The second-order valence-electron chi connectivity index (χ2n) is 8.21. The Kier molecular flexibility index (Phi) is 8.66. The van der Waals surface area contributed by atoms with Crippen molar-refractivity contribution >= 4 is 41.8 Å². The van der Waals surface area contributed by atoms with Gasteiger partial charge >= 0.3 is 5.69 Å². The Morgan fingerprint density at radius 3 is 2.50 bits per heavy atom. The lowest BCUT2D eigenvalue weighted by Gasteiger charge is -2.29. The monoisotopic (exact) mass is 459 g/mol. The van der Waals surface area contributed by atoms with Gasteiger partial charge in [0, 0.05) is 18.8 Å². The summed E-state index contributed by atoms with van der Waals surface area (Å²) in [6.07, 6.45) is 2.75. The van der Waals surface area contributed by atoms with E-state index in [9.17, 15) is 14.4 Å². The van der Waals surface area contributed by atoms with Crippen molar-refractivity contribution in [2.45, 2.75) is 65.0 Å². The van der Waals surface area contributed by atoms with Crippen LogP contribution in [0.4, 0.5) is 0 Å². The van der Waals surface area contributed by atoms with Gasteiger partial charge in [-0.2, -0.15) is 0 Å². The molecular formula is C20H31Cl2N5O3. The number of aryl methyl sites for hydroxylation is 1. The molecule has 1 aliphatic rings. The third-order valence-corrected chi connectivity index (χ3v) is 5.55. The minimum absolute atomic E-state index is 0. The topological polar surface area (TPSA) is 123 Å². The Balaban J connectivity index is 0.00000225. The summed E-state index contributed by atoms with van der Waals surface area (Å²) in [6.45, 7) is 8.52. The number of amides is 1. The van der Waals surface area contributed by atoms with Crippen molar-refractivity contribution in [3.63, 3.8) is 0 Å². The van der Waals surface area contributed by atoms with Crippen molar-refractivity contribution in [2.75, 3.05) is 6.54 Å². The highest BCUT2D eigenvalue weighted by molar-refractivity contribution is 6.05. The minimum atomic E-state index is -0.596. The van der Waals surface area contributed by atoms with Gasteiger partial charge in [0.15, 0.2) is 5.65 Å². The summed E-state index contributed by atoms with van der Waals surface area (Å²) in [6, 6.07) is 1.65. The van der Waals surface area contributed by atoms with Crippen LogP contribution in [0.3, 0.4) is 0 Å². The van der Waals surface area contributed by atoms with Crippen LogP contribution in [0, 0.1) is 5.92 Å². The zero-order chi connectivity index (χ0) is 20.6. The number of carbonyl (C=O) groups is 1. The summed E-state index contributed by atoms with van der Waals surface area (Å²) >= 11 is 0. The number of carbonyl (C=O) groups excluding carboxylic acids is 1. The summed E-state index contributed by atoms with van der Waals surface area (Å²) in [5.74, 6) is 0.0155. The lowest BCUT2D eigenvalue weighted by atomic mass is 9.95. The summed E-state index contributed by atoms with van der Waals surface area (Å²) < 4.78 is 1.43. The molecule has 10 heteroatoms. The van der Waals surface area contributed by atoms with Crippen LogP contribution in [-0.4, -0.2) is 32.5 Å². The second kappa shape index (κ2) is 9.94. The van der Waals surface area contributed by atoms with Crippen LogP contribution < -0.4 is 22.3 Å². The highest BCUT2D eigenvalue weighted by Crippen LogP contribution is 2.39. The molecule has 0 bridgehead atoms. The van der Waals surface area contributed by atoms with Crippen molar-refractivity contribution in [1.82, 2.24) is 19.9 Å². The number of fused-ring (bicyclic) bond motifs is 1. The number of nitrogens with one attached hydrogen (secondary N) is 2. The van der Waals surface area contributed by atoms with Gasteiger partial charge in [-0.05, 0) is 44.1 Å². The quantitative estimate of drug-likeness (QED) is 0.585. The molecule has 2 aromatic heterocycles. The fraction of sp³-hybridized carbons (Fsp3) is 0.600. The minimum Gasteiger partial charge on any atom is -0.345 e. The number of rotatable bonds is 7. The van der Waals surface area contributed by atoms with Gasteiger partial charge in [-0.15, -0.1) is 24.8 Å². The number of halogens is 2. The molecule has 1 atom stereocenters. The number of pyridine rings is 1. The van der Waals surface area contributed by atoms with Crippen molar-refractivity contribution in [3.8, 4) is 0 Å². The van der Waals surface area contributed by atoms with Crippen LogP contribution in [0.5, 0.6) is 0 Å². The van der Waals surface area contributed by atoms with Crippen LogP contribution in [0.2, 0.25) is 0 Å². The van der Waals surface area contributed by atoms with Crippen molar-refractivity contribution < 1.29 is 4.79 Å². The predicted octanol–water partition coefficient (Wildman–Crippen LogP) is 2.32. The normalized spacial score (nSPS) is 15.3. The number of hydrogen-bond donors (Lipinski definition) is 3. The Bertz CT molecular complexity index is 1030. The van der Waals surface area contributed by atoms with Crippen molar-refractivity contribution in [2.24, 2.45) is 11.7 Å². The van der Waals surface area contributed by atoms with E-state index in [0.717, 1.165) is 12.8 Å². The standard InChI is InChI=1S/C20H29N5O3.2ClH/c1-5-8-25-16-15(18(27)23-19(25)28)13(9-14(22-16)11(2)3)17(26)24-20(4,10-21)12-6-7-12;;/h9,11-12H,5-8,10,21H2,1-4H3,(H,24,26)(H,23,27,28);2*1H. The van der Waals surface area contributed by atoms with Crippen molar-refractivity contribution in [3.05, 3.63) is 38.2 Å². The van der Waals surface area contributed by atoms with E-state index in [0.29, 0.717) is 31.1 Å². The van der Waals surface area contributed by atoms with Gasteiger partial charge in [0.05, 0.1) is 16.5 Å². The van der Waals surface area contributed by atoms with Crippen LogP contribution in [-0.2, 0) is 6.54 Å². The van der Waals surface area contributed by atoms with E-state index in [1.165, 1.54) is 4.57 Å². The predicted molar refractivity (Wildman–Crippen MR) is 123 cm³/mol. The molecule has 0 aromatic carbocycles. The number of hydrogen-bond acceptors (Lipinski definition) is 5. The molecule has 1 unspecified atom stereocenters. The maximum Gasteiger partial charge on any atom is 0.329 e. The lowest BCUT2D eigenvalue weighted by molar-refractivity contribution is 0.0899. The zero-order valence-corrected chi connectivity index (χ0v) is 19.4. The molecule has 0 aliphatic heterocycles. The van der Waals surface area contributed by atoms with Crippen LogP contribution >= 0.6 is 24.8 Å². The van der Waals surface area contributed by atoms with E-state index in [1.807, 2.05) is 27.7 Å². The molecule has 168 valence electrons. The molecule has 2 aromatic rings. The molecule has 1 aliphatic carbocycles. The maximum atomic E-state index is 13.2. The van der Waals surface area contributed by atoms with Gasteiger partial charge in [-0.3, -0.25) is 19.1 Å². The van der Waals surface area contributed by atoms with Crippen LogP contribution in [0.15, 0.2) is 15.7 Å². The number of aromatic amines is 1. The van der Waals surface area contributed by atoms with Gasteiger partial charge in [0.2, 0.25) is 0 Å². The van der Waals surface area contributed by atoms with Crippen LogP contribution in [0.1, 0.15) is 68.9 Å².